The molecule has 236 valence electrons. The maximum Gasteiger partial charge on any atom is 0.244 e. The van der Waals surface area contributed by atoms with Crippen LogP contribution < -0.4 is 15.4 Å². The number of benzene rings is 1. The van der Waals surface area contributed by atoms with Crippen LogP contribution in [0.2, 0.25) is 5.02 Å². The number of nitrogens with zero attached hydrogens (tertiary/aromatic N) is 5. The Morgan fingerprint density at radius 1 is 1.02 bits per heavy atom. The van der Waals surface area contributed by atoms with Gasteiger partial charge in [-0.2, -0.15) is 0 Å². The summed E-state index contributed by atoms with van der Waals surface area (Å²) in [5.41, 5.74) is 4.17. The third-order valence-corrected chi connectivity index (χ3v) is 9.65. The van der Waals surface area contributed by atoms with Gasteiger partial charge in [0.15, 0.2) is 11.6 Å². The zero-order valence-electron chi connectivity index (χ0n) is 25.7. The van der Waals surface area contributed by atoms with Crippen molar-refractivity contribution in [2.45, 2.75) is 58.2 Å². The highest BCUT2D eigenvalue weighted by atomic mass is 35.5. The number of halogens is 1. The molecule has 46 heavy (non-hydrogen) atoms. The molecule has 13 heteroatoms. The number of hydrogen-bond acceptors (Lipinski definition) is 9. The first-order valence-corrected chi connectivity index (χ1v) is 16.0. The summed E-state index contributed by atoms with van der Waals surface area (Å²) in [4.78, 5) is 48.4. The summed E-state index contributed by atoms with van der Waals surface area (Å²) in [6.45, 7) is 6.07. The molecule has 2 amide bonds. The Kier molecular flexibility index (Phi) is 8.83. The minimum absolute atomic E-state index is 0.0841. The van der Waals surface area contributed by atoms with Gasteiger partial charge in [0.05, 0.1) is 19.2 Å². The van der Waals surface area contributed by atoms with Crippen molar-refractivity contribution in [2.75, 3.05) is 7.11 Å². The molecule has 4 aromatic rings. The van der Waals surface area contributed by atoms with Gasteiger partial charge in [0, 0.05) is 57.0 Å². The number of aryl methyl sites for hydroxylation is 2. The van der Waals surface area contributed by atoms with E-state index in [0.29, 0.717) is 35.1 Å². The van der Waals surface area contributed by atoms with Gasteiger partial charge in [-0.25, -0.2) is 4.98 Å². The molecule has 0 spiro atoms. The van der Waals surface area contributed by atoms with E-state index in [2.05, 4.69) is 39.7 Å². The molecule has 0 unspecified atom stereocenters. The van der Waals surface area contributed by atoms with Crippen molar-refractivity contribution in [2.24, 2.45) is 4.99 Å². The van der Waals surface area contributed by atoms with Crippen LogP contribution in [0.5, 0.6) is 5.88 Å². The lowest BCUT2D eigenvalue weighted by molar-refractivity contribution is -0.123. The lowest BCUT2D eigenvalue weighted by Crippen LogP contribution is -2.53. The highest BCUT2D eigenvalue weighted by Crippen LogP contribution is 2.39. The smallest absolute Gasteiger partial charge is 0.244 e. The molecule has 6 rings (SSSR count). The van der Waals surface area contributed by atoms with E-state index < -0.39 is 6.04 Å². The summed E-state index contributed by atoms with van der Waals surface area (Å²) in [5.74, 6) is 0.863. The van der Waals surface area contributed by atoms with Crippen LogP contribution in [-0.4, -0.2) is 62.3 Å². The van der Waals surface area contributed by atoms with Crippen LogP contribution in [0.1, 0.15) is 68.9 Å². The number of amides is 2. The predicted octanol–water partition coefficient (Wildman–Crippen LogP) is 4.80. The number of aromatic nitrogens is 4. The van der Waals surface area contributed by atoms with Crippen molar-refractivity contribution >= 4 is 46.2 Å². The molecule has 2 N–H and O–H groups in total. The fourth-order valence-electron chi connectivity index (χ4n) is 5.59. The van der Waals surface area contributed by atoms with E-state index >= 15 is 0 Å². The zero-order chi connectivity index (χ0) is 32.5. The van der Waals surface area contributed by atoms with Crippen molar-refractivity contribution in [3.63, 3.8) is 0 Å². The molecule has 1 aliphatic carbocycles. The lowest BCUT2D eigenvalue weighted by Gasteiger charge is -2.36. The normalized spacial score (nSPS) is 18.5. The van der Waals surface area contributed by atoms with Crippen LogP contribution in [-0.2, 0) is 9.59 Å². The molecule has 0 radical (unpaired) electrons. The van der Waals surface area contributed by atoms with E-state index in [9.17, 15) is 14.4 Å². The fraction of sp³-hybridized carbons (Fsp3) is 0.303. The highest BCUT2D eigenvalue weighted by Gasteiger charge is 2.35. The number of ketones is 1. The molecule has 2 aliphatic rings. The van der Waals surface area contributed by atoms with Gasteiger partial charge in [-0.15, -0.1) is 21.5 Å². The molecule has 1 saturated carbocycles. The van der Waals surface area contributed by atoms with Crippen LogP contribution in [0.15, 0.2) is 59.7 Å². The molecule has 1 aliphatic heterocycles. The zero-order valence-corrected chi connectivity index (χ0v) is 27.3. The lowest BCUT2D eigenvalue weighted by atomic mass is 9.86. The summed E-state index contributed by atoms with van der Waals surface area (Å²) in [5, 5.41) is 16.4. The Morgan fingerprint density at radius 2 is 1.76 bits per heavy atom. The summed E-state index contributed by atoms with van der Waals surface area (Å²) >= 11 is 7.86. The van der Waals surface area contributed by atoms with Crippen molar-refractivity contribution in [1.82, 2.24) is 30.4 Å². The number of fused-ring (bicyclic) bond motifs is 3. The Balaban J connectivity index is 1.10. The molecule has 0 bridgehead atoms. The van der Waals surface area contributed by atoms with E-state index in [1.165, 1.54) is 30.3 Å². The number of carbonyl (C=O) groups excluding carboxylic acids is 3. The average molecular weight is 658 g/mol. The SMILES string of the molecule is COc1ccc(C(=O)/C=C/C(=O)N[C@H]2C[C@H](NC(=O)C[C@@H]3N=C(c4ccc(Cl)cc4)c4c(sc(C)c4C)-n4c(C)nnc43)C2)cn1. The van der Waals surface area contributed by atoms with Gasteiger partial charge in [0.1, 0.15) is 16.9 Å². The van der Waals surface area contributed by atoms with E-state index in [0.717, 1.165) is 33.2 Å². The first-order valence-electron chi connectivity index (χ1n) is 14.8. The number of aliphatic imine (C=N–C) groups is 1. The molecule has 1 aromatic carbocycles. The van der Waals surface area contributed by atoms with Crippen LogP contribution >= 0.6 is 22.9 Å². The quantitative estimate of drug-likeness (QED) is 0.195. The summed E-state index contributed by atoms with van der Waals surface area (Å²) in [7, 11) is 1.49. The van der Waals surface area contributed by atoms with Gasteiger partial charge in [0.2, 0.25) is 17.7 Å². The van der Waals surface area contributed by atoms with E-state index in [1.54, 1.807) is 23.5 Å². The van der Waals surface area contributed by atoms with Crippen molar-refractivity contribution < 1.29 is 19.1 Å². The molecule has 1 fully saturated rings. The largest absolute Gasteiger partial charge is 0.481 e. The number of allylic oxidation sites excluding steroid dienone is 1. The first kappa shape index (κ1) is 31.3. The minimum atomic E-state index is -0.565. The topological polar surface area (TPSA) is 140 Å². The van der Waals surface area contributed by atoms with Gasteiger partial charge in [-0.3, -0.25) is 23.9 Å². The molecule has 11 nitrogen and oxygen atoms in total. The Labute approximate surface area is 274 Å². The maximum absolute atomic E-state index is 13.3. The minimum Gasteiger partial charge on any atom is -0.481 e. The van der Waals surface area contributed by atoms with Crippen molar-refractivity contribution in [3.8, 4) is 10.9 Å². The second kappa shape index (κ2) is 13.0. The molecular weight excluding hydrogens is 626 g/mol. The summed E-state index contributed by atoms with van der Waals surface area (Å²) in [6.07, 6.45) is 5.06. The van der Waals surface area contributed by atoms with E-state index in [4.69, 9.17) is 21.3 Å². The monoisotopic (exact) mass is 657 g/mol. The number of carbonyl (C=O) groups is 3. The number of thiophene rings is 1. The number of pyridine rings is 1. The summed E-state index contributed by atoms with van der Waals surface area (Å²) < 4.78 is 7.01. The van der Waals surface area contributed by atoms with E-state index in [1.807, 2.05) is 35.8 Å². The number of rotatable bonds is 9. The maximum atomic E-state index is 13.3. The van der Waals surface area contributed by atoms with Gasteiger partial charge in [-0.1, -0.05) is 23.7 Å². The Hall–Kier alpha value is -4.68. The number of methoxy groups -OCH3 is 1. The Bertz CT molecular complexity index is 1870. The second-order valence-corrected chi connectivity index (χ2v) is 13.0. The average Bonchev–Trinajstić information content (AvgIpc) is 3.51. The van der Waals surface area contributed by atoms with Crippen LogP contribution in [0.25, 0.3) is 5.00 Å². The van der Waals surface area contributed by atoms with Crippen LogP contribution in [0, 0.1) is 20.8 Å². The molecule has 3 aromatic heterocycles. The van der Waals surface area contributed by atoms with Crippen molar-refractivity contribution in [3.05, 3.63) is 98.5 Å². The van der Waals surface area contributed by atoms with Gasteiger partial charge in [-0.05, 0) is 63.5 Å². The highest BCUT2D eigenvalue weighted by molar-refractivity contribution is 7.15. The third kappa shape index (κ3) is 6.35. The molecule has 0 saturated heterocycles. The molecular formula is C33H32ClN7O4S. The third-order valence-electron chi connectivity index (χ3n) is 8.20. The van der Waals surface area contributed by atoms with Crippen LogP contribution in [0.3, 0.4) is 0 Å². The van der Waals surface area contributed by atoms with Gasteiger partial charge < -0.3 is 15.4 Å². The standard InChI is InChI=1S/C33H32ClN7O4S/c1-17-18(2)46-33-30(17)31(20-5-8-22(34)9-6-20)38-25(32-40-39-19(3)41(32)33)15-28(44)37-24-13-23(14-24)36-27(43)11-10-26(42)21-7-12-29(45-4)35-16-21/h5-12,16,23-25H,13-15H2,1-4H3,(H,36,43)(H,37,44)/b11-10+/t23-,24-,25-/m0/s1. The number of hydrogen-bond donors (Lipinski definition) is 2. The predicted molar refractivity (Wildman–Crippen MR) is 175 cm³/mol. The molecule has 1 atom stereocenters. The Morgan fingerprint density at radius 3 is 2.46 bits per heavy atom. The first-order chi connectivity index (χ1) is 22.1. The van der Waals surface area contributed by atoms with Gasteiger partial charge in [0.25, 0.3) is 0 Å². The number of nitrogens with one attached hydrogen (secondary N) is 2. The van der Waals surface area contributed by atoms with E-state index in [-0.39, 0.29) is 36.1 Å². The fourth-order valence-corrected chi connectivity index (χ4v) is 6.93. The number of ether oxygens (including phenoxy) is 1. The summed E-state index contributed by atoms with van der Waals surface area (Å²) in [6, 6.07) is 9.96. The van der Waals surface area contributed by atoms with Gasteiger partial charge >= 0.3 is 0 Å². The second-order valence-electron chi connectivity index (χ2n) is 11.3. The van der Waals surface area contributed by atoms with Crippen molar-refractivity contribution in [1.29, 1.82) is 0 Å². The molecule has 4 heterocycles. The van der Waals surface area contributed by atoms with Crippen LogP contribution in [0.4, 0.5) is 0 Å².